The maximum Gasteiger partial charge on any atom is 0.416 e. The summed E-state index contributed by atoms with van der Waals surface area (Å²) in [6.45, 7) is 4.33. The van der Waals surface area contributed by atoms with Gasteiger partial charge in [-0.05, 0) is 56.2 Å². The first-order chi connectivity index (χ1) is 17.2. The predicted molar refractivity (Wildman–Crippen MR) is 135 cm³/mol. The molecule has 0 aliphatic rings. The quantitative estimate of drug-likeness (QED) is 0.465. The number of halogens is 3. The van der Waals surface area contributed by atoms with E-state index in [1.807, 2.05) is 6.92 Å². The van der Waals surface area contributed by atoms with Crippen LogP contribution in [0.4, 0.5) is 18.9 Å². The van der Waals surface area contributed by atoms with Crippen molar-refractivity contribution in [2.75, 3.05) is 24.2 Å². The summed E-state index contributed by atoms with van der Waals surface area (Å²) in [5, 5.41) is 2.80. The zero-order valence-electron chi connectivity index (χ0n) is 21.4. The minimum absolute atomic E-state index is 0.0642. The number of sulfonamides is 1. The minimum Gasteiger partial charge on any atom is -0.497 e. The van der Waals surface area contributed by atoms with Crippen LogP contribution in [0.15, 0.2) is 48.5 Å². The number of hydrogen-bond acceptors (Lipinski definition) is 5. The Morgan fingerprint density at radius 2 is 1.73 bits per heavy atom. The first kappa shape index (κ1) is 29.9. The van der Waals surface area contributed by atoms with Gasteiger partial charge in [-0.2, -0.15) is 13.2 Å². The highest BCUT2D eigenvalue weighted by Crippen LogP contribution is 2.32. The largest absolute Gasteiger partial charge is 0.497 e. The average molecular weight is 544 g/mol. The van der Waals surface area contributed by atoms with Crippen LogP contribution in [0, 0.1) is 0 Å². The number of alkyl halides is 3. The average Bonchev–Trinajstić information content (AvgIpc) is 2.84. The van der Waals surface area contributed by atoms with E-state index in [0.29, 0.717) is 28.1 Å². The van der Waals surface area contributed by atoms with Gasteiger partial charge in [0.05, 0.1) is 24.6 Å². The van der Waals surface area contributed by atoms with Crippen LogP contribution in [0.5, 0.6) is 5.75 Å². The number of anilines is 1. The molecule has 0 radical (unpaired) electrons. The van der Waals surface area contributed by atoms with E-state index < -0.39 is 46.2 Å². The van der Waals surface area contributed by atoms with E-state index in [-0.39, 0.29) is 18.3 Å². The van der Waals surface area contributed by atoms with E-state index in [4.69, 9.17) is 4.74 Å². The number of benzene rings is 2. The number of rotatable bonds is 11. The van der Waals surface area contributed by atoms with Gasteiger partial charge in [0.25, 0.3) is 0 Å². The van der Waals surface area contributed by atoms with Crippen LogP contribution in [-0.4, -0.2) is 57.1 Å². The van der Waals surface area contributed by atoms with Crippen molar-refractivity contribution in [1.82, 2.24) is 10.2 Å². The van der Waals surface area contributed by atoms with Crippen molar-refractivity contribution in [2.45, 2.75) is 52.0 Å². The molecule has 0 unspecified atom stereocenters. The Morgan fingerprint density at radius 1 is 1.08 bits per heavy atom. The molecule has 204 valence electrons. The van der Waals surface area contributed by atoms with E-state index in [1.165, 1.54) is 25.0 Å². The summed E-state index contributed by atoms with van der Waals surface area (Å²) in [7, 11) is -2.69. The molecule has 2 rings (SSSR count). The predicted octanol–water partition coefficient (Wildman–Crippen LogP) is 3.81. The van der Waals surface area contributed by atoms with Crippen LogP contribution < -0.4 is 14.4 Å². The van der Waals surface area contributed by atoms with Gasteiger partial charge in [-0.15, -0.1) is 0 Å². The highest BCUT2D eigenvalue weighted by atomic mass is 32.2. The summed E-state index contributed by atoms with van der Waals surface area (Å²) in [6, 6.07) is 9.33. The summed E-state index contributed by atoms with van der Waals surface area (Å²) in [6.07, 6.45) is -3.25. The van der Waals surface area contributed by atoms with Crippen LogP contribution in [0.2, 0.25) is 0 Å². The van der Waals surface area contributed by atoms with Gasteiger partial charge in [-0.3, -0.25) is 13.9 Å². The summed E-state index contributed by atoms with van der Waals surface area (Å²) >= 11 is 0. The fraction of sp³-hybridized carbons (Fsp3) is 0.440. The third-order valence-corrected chi connectivity index (χ3v) is 6.94. The van der Waals surface area contributed by atoms with Gasteiger partial charge in [0.15, 0.2) is 0 Å². The van der Waals surface area contributed by atoms with E-state index in [2.05, 4.69) is 5.32 Å². The zero-order valence-corrected chi connectivity index (χ0v) is 22.2. The highest BCUT2D eigenvalue weighted by Gasteiger charge is 2.33. The number of hydrogen-bond donors (Lipinski definition) is 1. The molecule has 0 aliphatic heterocycles. The summed E-state index contributed by atoms with van der Waals surface area (Å²) in [5.74, 6) is -0.698. The molecule has 2 aromatic carbocycles. The fourth-order valence-corrected chi connectivity index (χ4v) is 4.31. The van der Waals surface area contributed by atoms with Crippen molar-refractivity contribution in [3.05, 3.63) is 59.7 Å². The van der Waals surface area contributed by atoms with Gasteiger partial charge >= 0.3 is 6.18 Å². The Labute approximate surface area is 215 Å². The molecule has 0 saturated carbocycles. The summed E-state index contributed by atoms with van der Waals surface area (Å²) in [4.78, 5) is 27.6. The molecule has 2 aromatic rings. The zero-order chi connectivity index (χ0) is 28.0. The van der Waals surface area contributed by atoms with Crippen molar-refractivity contribution in [2.24, 2.45) is 0 Å². The van der Waals surface area contributed by atoms with E-state index >= 15 is 0 Å². The highest BCUT2D eigenvalue weighted by molar-refractivity contribution is 7.92. The third-order valence-electron chi connectivity index (χ3n) is 5.80. The van der Waals surface area contributed by atoms with Crippen LogP contribution in [0.3, 0.4) is 0 Å². The van der Waals surface area contributed by atoms with E-state index in [0.717, 1.165) is 18.4 Å². The maximum absolute atomic E-state index is 13.5. The normalized spacial score (nSPS) is 13.4. The first-order valence-electron chi connectivity index (χ1n) is 11.5. The van der Waals surface area contributed by atoms with Gasteiger partial charge in [0.2, 0.25) is 21.8 Å². The number of nitrogens with one attached hydrogen (secondary N) is 1. The van der Waals surface area contributed by atoms with Gasteiger partial charge < -0.3 is 15.0 Å². The Hall–Kier alpha value is -3.28. The van der Waals surface area contributed by atoms with Gasteiger partial charge in [0, 0.05) is 12.6 Å². The standard InChI is InChI=1S/C25H32F3N3O5S/c1-6-17(2)29-24(33)18(3)30(15-19-9-7-12-22(13-19)36-4)23(32)16-31(37(5,34)35)21-11-8-10-20(14-21)25(26,27)28/h7-14,17-18H,6,15-16H2,1-5H3,(H,29,33)/t17-,18-/m0/s1. The topological polar surface area (TPSA) is 96.0 Å². The molecule has 2 amide bonds. The number of carbonyl (C=O) groups is 2. The smallest absolute Gasteiger partial charge is 0.416 e. The molecule has 37 heavy (non-hydrogen) atoms. The number of ether oxygens (including phenoxy) is 1. The first-order valence-corrected chi connectivity index (χ1v) is 13.4. The molecule has 0 aliphatic carbocycles. The van der Waals surface area contributed by atoms with Gasteiger partial charge in [0.1, 0.15) is 18.3 Å². The Kier molecular flexibility index (Phi) is 9.96. The second-order valence-electron chi connectivity index (χ2n) is 8.68. The molecule has 0 saturated heterocycles. The molecular weight excluding hydrogens is 511 g/mol. The van der Waals surface area contributed by atoms with Crippen LogP contribution in [0.25, 0.3) is 0 Å². The molecule has 12 heteroatoms. The lowest BCUT2D eigenvalue weighted by molar-refractivity contribution is -0.139. The monoisotopic (exact) mass is 543 g/mol. The Bertz CT molecular complexity index is 1200. The number of methoxy groups -OCH3 is 1. The molecule has 0 bridgehead atoms. The Balaban J connectivity index is 2.46. The Morgan fingerprint density at radius 3 is 2.30 bits per heavy atom. The van der Waals surface area contributed by atoms with Crippen LogP contribution >= 0.6 is 0 Å². The molecule has 0 aromatic heterocycles. The second-order valence-corrected chi connectivity index (χ2v) is 10.6. The molecule has 0 heterocycles. The number of amides is 2. The SMILES string of the molecule is CC[C@H](C)NC(=O)[C@H](C)N(Cc1cccc(OC)c1)C(=O)CN(c1cccc(C(F)(F)F)c1)S(C)(=O)=O. The lowest BCUT2D eigenvalue weighted by Crippen LogP contribution is -2.52. The molecule has 0 spiro atoms. The number of carbonyl (C=O) groups excluding carboxylic acids is 2. The van der Waals surface area contributed by atoms with Crippen molar-refractivity contribution >= 4 is 27.5 Å². The van der Waals surface area contributed by atoms with Gasteiger partial charge in [-0.25, -0.2) is 8.42 Å². The van der Waals surface area contributed by atoms with Gasteiger partial charge in [-0.1, -0.05) is 25.1 Å². The van der Waals surface area contributed by atoms with E-state index in [9.17, 15) is 31.2 Å². The van der Waals surface area contributed by atoms with Crippen molar-refractivity contribution < 1.29 is 35.9 Å². The van der Waals surface area contributed by atoms with Crippen LogP contribution in [-0.2, 0) is 32.3 Å². The van der Waals surface area contributed by atoms with Crippen molar-refractivity contribution in [1.29, 1.82) is 0 Å². The molecule has 1 N–H and O–H groups in total. The number of nitrogens with zero attached hydrogens (tertiary/aromatic N) is 2. The molecule has 8 nitrogen and oxygen atoms in total. The molecule has 2 atom stereocenters. The van der Waals surface area contributed by atoms with Crippen molar-refractivity contribution in [3.63, 3.8) is 0 Å². The second kappa shape index (κ2) is 12.3. The lowest BCUT2D eigenvalue weighted by atomic mass is 10.1. The maximum atomic E-state index is 13.5. The van der Waals surface area contributed by atoms with Crippen LogP contribution in [0.1, 0.15) is 38.3 Å². The molecular formula is C25H32F3N3O5S. The van der Waals surface area contributed by atoms with Crippen molar-refractivity contribution in [3.8, 4) is 5.75 Å². The molecule has 0 fully saturated rings. The summed E-state index contributed by atoms with van der Waals surface area (Å²) in [5.41, 5.74) is -0.759. The summed E-state index contributed by atoms with van der Waals surface area (Å²) < 4.78 is 70.7. The fourth-order valence-electron chi connectivity index (χ4n) is 3.47. The third kappa shape index (κ3) is 8.38. The van der Waals surface area contributed by atoms with E-state index in [1.54, 1.807) is 31.2 Å². The minimum atomic E-state index is -4.70. The lowest BCUT2D eigenvalue weighted by Gasteiger charge is -2.32.